The molecule has 8 heteroatoms. The van der Waals surface area contributed by atoms with Gasteiger partial charge in [-0.2, -0.15) is 0 Å². The minimum absolute atomic E-state index is 0.194. The van der Waals surface area contributed by atoms with Crippen molar-refractivity contribution in [2.24, 2.45) is 5.92 Å². The van der Waals surface area contributed by atoms with Crippen molar-refractivity contribution < 1.29 is 33.5 Å². The molecule has 1 N–H and O–H groups in total. The van der Waals surface area contributed by atoms with E-state index in [1.165, 1.54) is 0 Å². The van der Waals surface area contributed by atoms with Gasteiger partial charge in [0.1, 0.15) is 23.8 Å². The zero-order valence-electron chi connectivity index (χ0n) is 27.4. The summed E-state index contributed by atoms with van der Waals surface area (Å²) in [4.78, 5) is 27.7. The number of carbonyl (C=O) groups excluding carboxylic acids is 2. The number of benzene rings is 3. The third-order valence-corrected chi connectivity index (χ3v) is 9.70. The largest absolute Gasteiger partial charge is 0.508 e. The number of phenols is 1. The molecule has 1 aliphatic carbocycles. The lowest BCUT2D eigenvalue weighted by atomic mass is 9.69. The Kier molecular flexibility index (Phi) is 7.34. The van der Waals surface area contributed by atoms with Crippen molar-refractivity contribution in [3.63, 3.8) is 0 Å². The molecule has 8 nitrogen and oxygen atoms in total. The molecule has 240 valence electrons. The van der Waals surface area contributed by atoms with Gasteiger partial charge < -0.3 is 24.2 Å². The fraction of sp³-hybridized carbons (Fsp3) is 0.308. The fourth-order valence-electron chi connectivity index (χ4n) is 7.53. The smallest absolute Gasteiger partial charge is 0.339 e. The Bertz CT molecular complexity index is 1930. The summed E-state index contributed by atoms with van der Waals surface area (Å²) in [5.74, 6) is 0.531. The van der Waals surface area contributed by atoms with Crippen LogP contribution in [0.15, 0.2) is 102 Å². The van der Waals surface area contributed by atoms with E-state index < -0.39 is 11.5 Å². The van der Waals surface area contributed by atoms with E-state index in [1.807, 2.05) is 73.5 Å². The molecule has 3 aromatic rings. The predicted molar refractivity (Wildman–Crippen MR) is 179 cm³/mol. The monoisotopic (exact) mass is 631 g/mol. The van der Waals surface area contributed by atoms with Gasteiger partial charge in [-0.3, -0.25) is 4.79 Å². The van der Waals surface area contributed by atoms with Gasteiger partial charge in [0.25, 0.3) is 0 Å². The van der Waals surface area contributed by atoms with Crippen molar-refractivity contribution in [2.75, 3.05) is 25.1 Å². The SMILES string of the molecule is CCOC(=O)CCC[N+]1=C2C=C3Oc4cc(N(C)c5ccc(O)cc5)ccc4C4(OC(=O)c5ccccc54)C3C=C2C(C)=CC1(C)C. The van der Waals surface area contributed by atoms with E-state index in [4.69, 9.17) is 14.2 Å². The number of ether oxygens (including phenoxy) is 3. The summed E-state index contributed by atoms with van der Waals surface area (Å²) < 4.78 is 20.8. The van der Waals surface area contributed by atoms with Crippen molar-refractivity contribution in [3.05, 3.63) is 119 Å². The number of phenolic OH excluding ortho intramolecular Hbond substituents is 1. The highest BCUT2D eigenvalue weighted by molar-refractivity contribution is 6.10. The van der Waals surface area contributed by atoms with Gasteiger partial charge in [-0.25, -0.2) is 9.37 Å². The number of fused-ring (bicyclic) bond motifs is 7. The average molecular weight is 632 g/mol. The molecule has 0 saturated heterocycles. The Morgan fingerprint density at radius 2 is 1.79 bits per heavy atom. The second kappa shape index (κ2) is 11.3. The summed E-state index contributed by atoms with van der Waals surface area (Å²) in [7, 11) is 1.96. The topological polar surface area (TPSA) is 88.3 Å². The molecule has 3 aliphatic heterocycles. The highest BCUT2D eigenvalue weighted by Gasteiger charge is 2.59. The van der Waals surface area contributed by atoms with Crippen LogP contribution in [0.1, 0.15) is 62.0 Å². The predicted octanol–water partition coefficient (Wildman–Crippen LogP) is 6.94. The molecule has 2 atom stereocenters. The first kappa shape index (κ1) is 30.5. The molecule has 4 aliphatic rings. The van der Waals surface area contributed by atoms with Crippen LogP contribution in [0.2, 0.25) is 0 Å². The zero-order chi connectivity index (χ0) is 33.1. The zero-order valence-corrected chi connectivity index (χ0v) is 27.4. The van der Waals surface area contributed by atoms with E-state index in [-0.39, 0.29) is 23.2 Å². The number of hydrogen-bond donors (Lipinski definition) is 1. The van der Waals surface area contributed by atoms with Crippen LogP contribution in [0, 0.1) is 5.92 Å². The van der Waals surface area contributed by atoms with E-state index in [2.05, 4.69) is 43.6 Å². The molecular weight excluding hydrogens is 592 g/mol. The molecule has 2 unspecified atom stereocenters. The highest BCUT2D eigenvalue weighted by Crippen LogP contribution is 2.57. The van der Waals surface area contributed by atoms with Crippen LogP contribution in [-0.2, 0) is 19.9 Å². The standard InChI is InChI=1S/C39H38N2O6/c1-6-45-36(43)12-9-19-41-33-22-35-32(21-29(33)24(2)23-38(41,3)4)39(30-11-8-7-10-28(30)37(44)47-39)31-18-15-26(20-34(31)46-35)40(5)25-13-16-27(42)17-14-25/h7-8,10-11,13-18,20-23,32H,6,9,12,19H2,1-5H3/p+1. The Labute approximate surface area is 274 Å². The Hall–Kier alpha value is -5.11. The first-order chi connectivity index (χ1) is 22.5. The van der Waals surface area contributed by atoms with E-state index in [0.717, 1.165) is 39.4 Å². The summed E-state index contributed by atoms with van der Waals surface area (Å²) in [6, 6.07) is 20.6. The number of esters is 2. The van der Waals surface area contributed by atoms with Gasteiger partial charge in [0.15, 0.2) is 11.1 Å². The Morgan fingerprint density at radius 1 is 1.04 bits per heavy atom. The molecule has 0 fully saturated rings. The molecular formula is C39H39N2O6+. The fourth-order valence-corrected chi connectivity index (χ4v) is 7.53. The summed E-state index contributed by atoms with van der Waals surface area (Å²) in [5.41, 5.74) is 5.69. The number of hydrogen-bond acceptors (Lipinski definition) is 7. The minimum Gasteiger partial charge on any atom is -0.508 e. The molecule has 47 heavy (non-hydrogen) atoms. The van der Waals surface area contributed by atoms with Crippen molar-refractivity contribution in [1.82, 2.24) is 0 Å². The second-order valence-electron chi connectivity index (χ2n) is 13.1. The minimum atomic E-state index is -1.12. The van der Waals surface area contributed by atoms with Crippen LogP contribution >= 0.6 is 0 Å². The first-order valence-electron chi connectivity index (χ1n) is 16.2. The van der Waals surface area contributed by atoms with Crippen LogP contribution in [0.5, 0.6) is 11.5 Å². The number of anilines is 2. The van der Waals surface area contributed by atoms with Gasteiger partial charge in [0.2, 0.25) is 5.71 Å². The van der Waals surface area contributed by atoms with Crippen LogP contribution in [0.4, 0.5) is 11.4 Å². The Morgan fingerprint density at radius 3 is 2.55 bits per heavy atom. The van der Waals surface area contributed by atoms with Gasteiger partial charge in [-0.1, -0.05) is 24.3 Å². The number of allylic oxidation sites excluding steroid dienone is 3. The summed E-state index contributed by atoms with van der Waals surface area (Å²) in [6.07, 6.45) is 7.53. The highest BCUT2D eigenvalue weighted by atomic mass is 16.6. The van der Waals surface area contributed by atoms with Gasteiger partial charge >= 0.3 is 11.9 Å². The maximum Gasteiger partial charge on any atom is 0.339 e. The van der Waals surface area contributed by atoms with E-state index in [0.29, 0.717) is 43.1 Å². The molecule has 3 aromatic carbocycles. The molecule has 0 bridgehead atoms. The maximum absolute atomic E-state index is 13.5. The first-order valence-corrected chi connectivity index (χ1v) is 16.2. The third-order valence-electron chi connectivity index (χ3n) is 9.70. The molecule has 7 rings (SSSR count). The van der Waals surface area contributed by atoms with Crippen molar-refractivity contribution >= 4 is 29.0 Å². The summed E-state index contributed by atoms with van der Waals surface area (Å²) in [6.45, 7) is 9.31. The molecule has 1 spiro atoms. The average Bonchev–Trinajstić information content (AvgIpc) is 3.34. The number of carbonyl (C=O) groups is 2. The van der Waals surface area contributed by atoms with E-state index in [1.54, 1.807) is 12.1 Å². The quantitative estimate of drug-likeness (QED) is 0.223. The van der Waals surface area contributed by atoms with Crippen LogP contribution in [0.3, 0.4) is 0 Å². The number of aromatic hydroxyl groups is 1. The third kappa shape index (κ3) is 4.94. The molecule has 0 saturated carbocycles. The number of rotatable bonds is 7. The number of nitrogens with zero attached hydrogens (tertiary/aromatic N) is 2. The van der Waals surface area contributed by atoms with Gasteiger partial charge in [-0.15, -0.1) is 0 Å². The molecule has 3 heterocycles. The molecule has 0 amide bonds. The summed E-state index contributed by atoms with van der Waals surface area (Å²) >= 11 is 0. The van der Waals surface area contributed by atoms with Crippen LogP contribution in [0.25, 0.3) is 0 Å². The molecule has 0 aromatic heterocycles. The van der Waals surface area contributed by atoms with E-state index in [9.17, 15) is 14.7 Å². The van der Waals surface area contributed by atoms with Crippen molar-refractivity contribution in [3.8, 4) is 11.5 Å². The Balaban J connectivity index is 1.38. The lowest BCUT2D eigenvalue weighted by Crippen LogP contribution is -2.47. The summed E-state index contributed by atoms with van der Waals surface area (Å²) in [5, 5.41) is 9.82. The lowest BCUT2D eigenvalue weighted by Gasteiger charge is -2.43. The maximum atomic E-state index is 13.5. The van der Waals surface area contributed by atoms with E-state index >= 15 is 0 Å². The van der Waals surface area contributed by atoms with Crippen molar-refractivity contribution in [2.45, 2.75) is 51.7 Å². The second-order valence-corrected chi connectivity index (χ2v) is 13.1. The van der Waals surface area contributed by atoms with Crippen molar-refractivity contribution in [1.29, 1.82) is 0 Å². The molecule has 0 radical (unpaired) electrons. The lowest BCUT2D eigenvalue weighted by molar-refractivity contribution is -0.588. The van der Waals surface area contributed by atoms with Gasteiger partial charge in [0.05, 0.1) is 24.5 Å². The van der Waals surface area contributed by atoms with Gasteiger partial charge in [-0.05, 0) is 68.0 Å². The van der Waals surface area contributed by atoms with Crippen LogP contribution in [-0.4, -0.2) is 53.1 Å². The van der Waals surface area contributed by atoms with Crippen LogP contribution < -0.4 is 9.64 Å². The normalized spacial score (nSPS) is 21.7. The van der Waals surface area contributed by atoms with Gasteiger partial charge in [0, 0.05) is 67.5 Å².